The lowest BCUT2D eigenvalue weighted by atomic mass is 9.96. The lowest BCUT2D eigenvalue weighted by Gasteiger charge is -2.13. The second kappa shape index (κ2) is 5.14. The van der Waals surface area contributed by atoms with Crippen molar-refractivity contribution in [2.45, 2.75) is 32.5 Å². The number of epoxide rings is 1. The highest BCUT2D eigenvalue weighted by molar-refractivity contribution is 5.43. The number of benzene rings is 1. The highest BCUT2D eigenvalue weighted by atomic mass is 19.1. The van der Waals surface area contributed by atoms with Crippen molar-refractivity contribution in [3.05, 3.63) is 23.5 Å². The van der Waals surface area contributed by atoms with E-state index in [4.69, 9.17) is 14.2 Å². The molecule has 0 amide bonds. The molecule has 0 saturated carbocycles. The second-order valence-electron chi connectivity index (χ2n) is 4.79. The van der Waals surface area contributed by atoms with Gasteiger partial charge in [-0.25, -0.2) is 4.39 Å². The number of halogens is 1. The van der Waals surface area contributed by atoms with E-state index < -0.39 is 0 Å². The van der Waals surface area contributed by atoms with Crippen molar-refractivity contribution in [3.8, 4) is 11.5 Å². The highest BCUT2D eigenvalue weighted by Crippen LogP contribution is 2.34. The van der Waals surface area contributed by atoms with Crippen LogP contribution in [-0.2, 0) is 11.2 Å². The van der Waals surface area contributed by atoms with Crippen molar-refractivity contribution in [1.29, 1.82) is 0 Å². The van der Waals surface area contributed by atoms with Crippen LogP contribution in [0.3, 0.4) is 0 Å². The van der Waals surface area contributed by atoms with Crippen LogP contribution in [0.4, 0.5) is 4.39 Å². The van der Waals surface area contributed by atoms with Crippen LogP contribution in [-0.4, -0.2) is 26.4 Å². The molecule has 18 heavy (non-hydrogen) atoms. The van der Waals surface area contributed by atoms with Crippen molar-refractivity contribution < 1.29 is 18.6 Å². The van der Waals surface area contributed by atoms with E-state index in [1.807, 2.05) is 6.92 Å². The number of rotatable bonds is 5. The summed E-state index contributed by atoms with van der Waals surface area (Å²) in [5.74, 6) is 1.02. The van der Waals surface area contributed by atoms with Gasteiger partial charge in [0.15, 0.2) is 11.5 Å². The third-order valence-electron chi connectivity index (χ3n) is 3.41. The predicted octanol–water partition coefficient (Wildman–Crippen LogP) is 2.81. The first kappa shape index (κ1) is 13.1. The molecule has 3 nitrogen and oxygen atoms in total. The molecule has 3 atom stereocenters. The molecule has 4 heteroatoms. The van der Waals surface area contributed by atoms with E-state index in [0.717, 1.165) is 0 Å². The molecule has 0 spiro atoms. The van der Waals surface area contributed by atoms with Crippen molar-refractivity contribution >= 4 is 0 Å². The Morgan fingerprint density at radius 2 is 1.83 bits per heavy atom. The lowest BCUT2D eigenvalue weighted by molar-refractivity contribution is 0.325. The number of hydrogen-bond donors (Lipinski definition) is 0. The zero-order valence-electron chi connectivity index (χ0n) is 11.2. The zero-order valence-corrected chi connectivity index (χ0v) is 11.2. The van der Waals surface area contributed by atoms with Gasteiger partial charge in [-0.3, -0.25) is 0 Å². The van der Waals surface area contributed by atoms with Gasteiger partial charge in [-0.05, 0) is 30.9 Å². The maximum absolute atomic E-state index is 13.9. The van der Waals surface area contributed by atoms with E-state index in [1.165, 1.54) is 13.2 Å². The first-order chi connectivity index (χ1) is 8.56. The molecule has 3 unspecified atom stereocenters. The van der Waals surface area contributed by atoms with E-state index in [2.05, 4.69) is 6.92 Å². The van der Waals surface area contributed by atoms with Gasteiger partial charge in [-0.15, -0.1) is 0 Å². The van der Waals surface area contributed by atoms with Crippen LogP contribution in [0.2, 0.25) is 0 Å². The summed E-state index contributed by atoms with van der Waals surface area (Å²) in [4.78, 5) is 0. The van der Waals surface area contributed by atoms with Crippen molar-refractivity contribution in [1.82, 2.24) is 0 Å². The maximum Gasteiger partial charge on any atom is 0.163 e. The molecule has 0 aromatic heterocycles. The fraction of sp³-hybridized carbons (Fsp3) is 0.571. The van der Waals surface area contributed by atoms with Crippen LogP contribution in [0.1, 0.15) is 19.4 Å². The Balaban J connectivity index is 2.17. The van der Waals surface area contributed by atoms with Gasteiger partial charge >= 0.3 is 0 Å². The minimum Gasteiger partial charge on any atom is -0.493 e. The third-order valence-corrected chi connectivity index (χ3v) is 3.41. The van der Waals surface area contributed by atoms with E-state index in [1.54, 1.807) is 13.2 Å². The van der Waals surface area contributed by atoms with Crippen molar-refractivity contribution in [3.63, 3.8) is 0 Å². The molecule has 100 valence electrons. The summed E-state index contributed by atoms with van der Waals surface area (Å²) in [7, 11) is 3.05. The average Bonchev–Trinajstić information content (AvgIpc) is 3.08. The smallest absolute Gasteiger partial charge is 0.163 e. The summed E-state index contributed by atoms with van der Waals surface area (Å²) in [5, 5.41) is 0. The van der Waals surface area contributed by atoms with Crippen LogP contribution in [0.5, 0.6) is 11.5 Å². The molecule has 0 N–H and O–H groups in total. The molecule has 1 saturated heterocycles. The number of hydrogen-bond acceptors (Lipinski definition) is 3. The average molecular weight is 254 g/mol. The summed E-state index contributed by atoms with van der Waals surface area (Å²) < 4.78 is 29.6. The third kappa shape index (κ3) is 2.58. The Morgan fingerprint density at radius 3 is 2.33 bits per heavy atom. The molecule has 1 fully saturated rings. The maximum atomic E-state index is 13.9. The zero-order chi connectivity index (χ0) is 13.3. The van der Waals surface area contributed by atoms with E-state index in [-0.39, 0.29) is 11.9 Å². The van der Waals surface area contributed by atoms with Gasteiger partial charge in [-0.2, -0.15) is 0 Å². The molecular weight excluding hydrogens is 235 g/mol. The number of methoxy groups -OCH3 is 2. The van der Waals surface area contributed by atoms with E-state index >= 15 is 0 Å². The Kier molecular flexibility index (Phi) is 3.76. The summed E-state index contributed by atoms with van der Waals surface area (Å²) in [5.41, 5.74) is 0.642. The minimum absolute atomic E-state index is 0.248. The van der Waals surface area contributed by atoms with Gasteiger partial charge in [0.2, 0.25) is 0 Å². The molecule has 0 radical (unpaired) electrons. The first-order valence-electron chi connectivity index (χ1n) is 6.12. The Bertz CT molecular complexity index is 433. The van der Waals surface area contributed by atoms with Crippen molar-refractivity contribution in [2.75, 3.05) is 14.2 Å². The molecule has 0 aliphatic carbocycles. The SMILES string of the molecule is COc1cc(F)c(CC(C)C2OC2C)cc1OC. The lowest BCUT2D eigenvalue weighted by Crippen LogP contribution is -2.10. The predicted molar refractivity (Wildman–Crippen MR) is 66.7 cm³/mol. The van der Waals surface area contributed by atoms with Crippen LogP contribution in [0, 0.1) is 11.7 Å². The van der Waals surface area contributed by atoms with Crippen LogP contribution in [0.15, 0.2) is 12.1 Å². The highest BCUT2D eigenvalue weighted by Gasteiger charge is 2.39. The standard InChI is InChI=1S/C14H19FO3/c1-8(14-9(2)18-14)5-10-6-12(16-3)13(17-4)7-11(10)15/h6-9,14H,5H2,1-4H3. The minimum atomic E-state index is -0.257. The van der Waals surface area contributed by atoms with Gasteiger partial charge in [0.1, 0.15) is 5.82 Å². The molecule has 1 aromatic rings. The quantitative estimate of drug-likeness (QED) is 0.757. The summed E-state index contributed by atoms with van der Waals surface area (Å²) in [6.45, 7) is 4.11. The summed E-state index contributed by atoms with van der Waals surface area (Å²) in [6.07, 6.45) is 1.18. The monoisotopic (exact) mass is 254 g/mol. The molecule has 1 aromatic carbocycles. The van der Waals surface area contributed by atoms with Gasteiger partial charge in [0.05, 0.1) is 26.4 Å². The molecular formula is C14H19FO3. The molecule has 2 rings (SSSR count). The summed E-state index contributed by atoms with van der Waals surface area (Å²) in [6, 6.07) is 3.08. The van der Waals surface area contributed by atoms with E-state index in [9.17, 15) is 4.39 Å². The second-order valence-corrected chi connectivity index (χ2v) is 4.79. The fourth-order valence-corrected chi connectivity index (χ4v) is 2.32. The Labute approximate surface area is 107 Å². The molecule has 1 aliphatic rings. The number of ether oxygens (including phenoxy) is 3. The normalized spacial score (nSPS) is 23.6. The van der Waals surface area contributed by atoms with Gasteiger partial charge in [0.25, 0.3) is 0 Å². The largest absolute Gasteiger partial charge is 0.493 e. The van der Waals surface area contributed by atoms with Gasteiger partial charge in [-0.1, -0.05) is 6.92 Å². The fourth-order valence-electron chi connectivity index (χ4n) is 2.32. The van der Waals surface area contributed by atoms with E-state index in [0.29, 0.717) is 35.5 Å². The Hall–Kier alpha value is -1.29. The topological polar surface area (TPSA) is 31.0 Å². The first-order valence-corrected chi connectivity index (χ1v) is 6.12. The molecule has 0 bridgehead atoms. The van der Waals surface area contributed by atoms with Gasteiger partial charge < -0.3 is 14.2 Å². The Morgan fingerprint density at radius 1 is 1.28 bits per heavy atom. The van der Waals surface area contributed by atoms with Crippen LogP contribution in [0.25, 0.3) is 0 Å². The van der Waals surface area contributed by atoms with Crippen LogP contribution >= 0.6 is 0 Å². The summed E-state index contributed by atoms with van der Waals surface area (Å²) >= 11 is 0. The van der Waals surface area contributed by atoms with Gasteiger partial charge in [0, 0.05) is 6.07 Å². The molecule has 1 aliphatic heterocycles. The van der Waals surface area contributed by atoms with Crippen molar-refractivity contribution in [2.24, 2.45) is 5.92 Å². The molecule has 1 heterocycles. The van der Waals surface area contributed by atoms with Crippen LogP contribution < -0.4 is 9.47 Å².